The Morgan fingerprint density at radius 2 is 2.36 bits per heavy atom. The molecule has 1 aliphatic carbocycles. The van der Waals surface area contributed by atoms with Crippen LogP contribution in [0.25, 0.3) is 0 Å². The van der Waals surface area contributed by atoms with Crippen LogP contribution < -0.4 is 0 Å². The fraction of sp³-hybridized carbons (Fsp3) is 0.400. The van der Waals surface area contributed by atoms with E-state index in [2.05, 4.69) is 20.9 Å². The third-order valence-corrected chi connectivity index (χ3v) is 3.39. The molecule has 2 rings (SSSR count). The lowest BCUT2D eigenvalue weighted by Gasteiger charge is -2.09. The van der Waals surface area contributed by atoms with Gasteiger partial charge in [-0.2, -0.15) is 0 Å². The van der Waals surface area contributed by atoms with Gasteiger partial charge in [-0.05, 0) is 46.8 Å². The van der Waals surface area contributed by atoms with Crippen molar-refractivity contribution in [3.8, 4) is 0 Å². The van der Waals surface area contributed by atoms with Crippen LogP contribution >= 0.6 is 15.9 Å². The van der Waals surface area contributed by atoms with E-state index in [4.69, 9.17) is 5.11 Å². The molecule has 0 saturated heterocycles. The number of aromatic nitrogens is 1. The van der Waals surface area contributed by atoms with E-state index in [-0.39, 0.29) is 0 Å². The summed E-state index contributed by atoms with van der Waals surface area (Å²) in [7, 11) is 0. The summed E-state index contributed by atoms with van der Waals surface area (Å²) in [5.41, 5.74) is 0.471. The largest absolute Gasteiger partial charge is 0.481 e. The zero-order chi connectivity index (χ0) is 10.2. The Morgan fingerprint density at radius 3 is 2.86 bits per heavy atom. The zero-order valence-corrected chi connectivity index (χ0v) is 9.12. The number of pyridine rings is 1. The first-order valence-electron chi connectivity index (χ1n) is 4.47. The first kappa shape index (κ1) is 9.65. The number of carboxylic acids is 1. The van der Waals surface area contributed by atoms with Crippen molar-refractivity contribution in [2.45, 2.75) is 19.3 Å². The van der Waals surface area contributed by atoms with E-state index in [0.717, 1.165) is 23.0 Å². The van der Waals surface area contributed by atoms with Crippen molar-refractivity contribution >= 4 is 21.9 Å². The number of nitrogens with zero attached hydrogens (tertiary/aromatic N) is 1. The molecule has 0 spiro atoms. The summed E-state index contributed by atoms with van der Waals surface area (Å²) in [6.07, 6.45) is 3.83. The Balaban J connectivity index is 2.19. The standard InChI is InChI=1S/C10H10BrNO2/c11-8-7(2-1-5-12-8)6-10(3-4-10)9(13)14/h1-2,5H,3-4,6H2,(H,13,14). The summed E-state index contributed by atoms with van der Waals surface area (Å²) in [6.45, 7) is 0. The van der Waals surface area contributed by atoms with E-state index < -0.39 is 11.4 Å². The number of hydrogen-bond donors (Lipinski definition) is 1. The van der Waals surface area contributed by atoms with Crippen LogP contribution in [-0.4, -0.2) is 16.1 Å². The molecule has 3 nitrogen and oxygen atoms in total. The number of hydrogen-bond acceptors (Lipinski definition) is 2. The van der Waals surface area contributed by atoms with Crippen molar-refractivity contribution in [1.29, 1.82) is 0 Å². The molecule has 0 unspecified atom stereocenters. The molecule has 1 aromatic rings. The average molecular weight is 256 g/mol. The van der Waals surface area contributed by atoms with E-state index in [1.54, 1.807) is 6.20 Å². The number of carbonyl (C=O) groups is 1. The second-order valence-corrected chi connectivity index (χ2v) is 4.47. The molecule has 0 bridgehead atoms. The lowest BCUT2D eigenvalue weighted by Crippen LogP contribution is -2.17. The van der Waals surface area contributed by atoms with Crippen LogP contribution in [0.5, 0.6) is 0 Å². The van der Waals surface area contributed by atoms with Gasteiger partial charge >= 0.3 is 5.97 Å². The summed E-state index contributed by atoms with van der Waals surface area (Å²) in [4.78, 5) is 15.0. The topological polar surface area (TPSA) is 50.2 Å². The molecule has 1 aliphatic rings. The molecule has 1 fully saturated rings. The van der Waals surface area contributed by atoms with Crippen LogP contribution in [0, 0.1) is 5.41 Å². The highest BCUT2D eigenvalue weighted by Crippen LogP contribution is 2.49. The van der Waals surface area contributed by atoms with E-state index in [0.29, 0.717) is 6.42 Å². The van der Waals surface area contributed by atoms with Gasteiger partial charge in [0.15, 0.2) is 0 Å². The van der Waals surface area contributed by atoms with Gasteiger partial charge in [0.2, 0.25) is 0 Å². The van der Waals surface area contributed by atoms with Gasteiger partial charge in [0.05, 0.1) is 5.41 Å². The summed E-state index contributed by atoms with van der Waals surface area (Å²) in [5, 5.41) is 9.02. The van der Waals surface area contributed by atoms with Gasteiger partial charge in [0.25, 0.3) is 0 Å². The van der Waals surface area contributed by atoms with Gasteiger partial charge in [-0.1, -0.05) is 6.07 Å². The van der Waals surface area contributed by atoms with Crippen molar-refractivity contribution in [2.24, 2.45) is 5.41 Å². The molecule has 0 atom stereocenters. The number of aliphatic carboxylic acids is 1. The lowest BCUT2D eigenvalue weighted by atomic mass is 9.98. The molecule has 74 valence electrons. The Morgan fingerprint density at radius 1 is 1.64 bits per heavy atom. The molecule has 0 amide bonds. The van der Waals surface area contributed by atoms with Crippen LogP contribution in [0.2, 0.25) is 0 Å². The minimum absolute atomic E-state index is 0.508. The van der Waals surface area contributed by atoms with Gasteiger partial charge in [0, 0.05) is 6.20 Å². The third-order valence-electron chi connectivity index (χ3n) is 2.67. The smallest absolute Gasteiger partial charge is 0.309 e. The van der Waals surface area contributed by atoms with Gasteiger partial charge in [-0.25, -0.2) is 4.98 Å². The molecule has 4 heteroatoms. The van der Waals surface area contributed by atoms with E-state index in [1.165, 1.54) is 0 Å². The van der Waals surface area contributed by atoms with E-state index in [9.17, 15) is 4.79 Å². The highest BCUT2D eigenvalue weighted by molar-refractivity contribution is 9.10. The molecular formula is C10H10BrNO2. The maximum Gasteiger partial charge on any atom is 0.309 e. The van der Waals surface area contributed by atoms with Crippen LogP contribution in [0.4, 0.5) is 0 Å². The summed E-state index contributed by atoms with van der Waals surface area (Å²) in [6, 6.07) is 3.75. The highest BCUT2D eigenvalue weighted by atomic mass is 79.9. The fourth-order valence-corrected chi connectivity index (χ4v) is 1.92. The van der Waals surface area contributed by atoms with Crippen LogP contribution in [-0.2, 0) is 11.2 Å². The number of halogens is 1. The first-order chi connectivity index (χ1) is 6.64. The predicted molar refractivity (Wildman–Crippen MR) is 54.9 cm³/mol. The Kier molecular flexibility index (Phi) is 2.31. The molecular weight excluding hydrogens is 246 g/mol. The summed E-state index contributed by atoms with van der Waals surface area (Å²) in [5.74, 6) is -0.687. The van der Waals surface area contributed by atoms with E-state index >= 15 is 0 Å². The molecule has 0 radical (unpaired) electrons. The molecule has 1 N–H and O–H groups in total. The first-order valence-corrected chi connectivity index (χ1v) is 5.26. The van der Waals surface area contributed by atoms with Crippen molar-refractivity contribution in [1.82, 2.24) is 4.98 Å². The lowest BCUT2D eigenvalue weighted by molar-refractivity contribution is -0.143. The third kappa shape index (κ3) is 1.66. The quantitative estimate of drug-likeness (QED) is 0.844. The maximum absolute atomic E-state index is 11.0. The molecule has 0 aliphatic heterocycles. The van der Waals surface area contributed by atoms with Crippen LogP contribution in [0.3, 0.4) is 0 Å². The molecule has 1 aromatic heterocycles. The predicted octanol–water partition coefficient (Wildman–Crippen LogP) is 2.25. The van der Waals surface area contributed by atoms with Crippen LogP contribution in [0.15, 0.2) is 22.9 Å². The fourth-order valence-electron chi connectivity index (χ4n) is 1.53. The molecule has 14 heavy (non-hydrogen) atoms. The van der Waals surface area contributed by atoms with Gasteiger partial charge in [-0.15, -0.1) is 0 Å². The second kappa shape index (κ2) is 3.35. The molecule has 1 heterocycles. The van der Waals surface area contributed by atoms with Crippen molar-refractivity contribution in [3.05, 3.63) is 28.5 Å². The molecule has 1 saturated carbocycles. The molecule has 0 aromatic carbocycles. The SMILES string of the molecule is O=C(O)C1(Cc2cccnc2Br)CC1. The van der Waals surface area contributed by atoms with Crippen molar-refractivity contribution in [3.63, 3.8) is 0 Å². The normalized spacial score (nSPS) is 17.8. The summed E-state index contributed by atoms with van der Waals surface area (Å²) >= 11 is 3.32. The van der Waals surface area contributed by atoms with Gasteiger partial charge in [0.1, 0.15) is 4.60 Å². The summed E-state index contributed by atoms with van der Waals surface area (Å²) < 4.78 is 0.757. The van der Waals surface area contributed by atoms with Gasteiger partial charge in [-0.3, -0.25) is 4.79 Å². The second-order valence-electron chi connectivity index (χ2n) is 3.72. The maximum atomic E-state index is 11.0. The Bertz CT molecular complexity index is 374. The van der Waals surface area contributed by atoms with E-state index in [1.807, 2.05) is 12.1 Å². The zero-order valence-electron chi connectivity index (χ0n) is 7.53. The highest BCUT2D eigenvalue weighted by Gasteiger charge is 2.50. The number of carboxylic acid groups (broad SMARTS) is 1. The monoisotopic (exact) mass is 255 g/mol. The Labute approximate surface area is 90.3 Å². The van der Waals surface area contributed by atoms with Gasteiger partial charge < -0.3 is 5.11 Å². The van der Waals surface area contributed by atoms with Crippen molar-refractivity contribution in [2.75, 3.05) is 0 Å². The van der Waals surface area contributed by atoms with Crippen LogP contribution in [0.1, 0.15) is 18.4 Å². The average Bonchev–Trinajstić information content (AvgIpc) is 2.90. The van der Waals surface area contributed by atoms with Crippen molar-refractivity contribution < 1.29 is 9.90 Å². The minimum atomic E-state index is -0.687. The minimum Gasteiger partial charge on any atom is -0.481 e. The number of rotatable bonds is 3. The Hall–Kier alpha value is -0.900.